The van der Waals surface area contributed by atoms with E-state index in [9.17, 15) is 4.79 Å². The van der Waals surface area contributed by atoms with Crippen LogP contribution < -0.4 is 24.8 Å². The second-order valence-electron chi connectivity index (χ2n) is 9.10. The Morgan fingerprint density at radius 1 is 1.03 bits per heavy atom. The molecule has 0 saturated heterocycles. The molecular formula is C29H33Cl3N2O4. The van der Waals surface area contributed by atoms with Gasteiger partial charge >= 0.3 is 0 Å². The first-order chi connectivity index (χ1) is 17.9. The number of aryl methyl sites for hydroxylation is 2. The second kappa shape index (κ2) is 13.9. The number of halogens is 3. The topological polar surface area (TPSA) is 74.0 Å². The lowest BCUT2D eigenvalue weighted by molar-refractivity contribution is -0.122. The maximum Gasteiger partial charge on any atom is 0.231 e. The van der Waals surface area contributed by atoms with Crippen LogP contribution in [0, 0.1) is 12.8 Å². The summed E-state index contributed by atoms with van der Waals surface area (Å²) < 4.78 is 17.2. The number of fused-ring (bicyclic) bond motifs is 1. The Morgan fingerprint density at radius 2 is 1.74 bits per heavy atom. The zero-order valence-corrected chi connectivity index (χ0v) is 23.9. The predicted octanol–water partition coefficient (Wildman–Crippen LogP) is 6.29. The Kier molecular flexibility index (Phi) is 11.0. The van der Waals surface area contributed by atoms with Gasteiger partial charge in [0.15, 0.2) is 17.2 Å². The molecule has 1 aliphatic heterocycles. The molecule has 0 bridgehead atoms. The van der Waals surface area contributed by atoms with Gasteiger partial charge in [-0.1, -0.05) is 47.5 Å². The zero-order chi connectivity index (χ0) is 26.4. The molecule has 1 atom stereocenters. The number of carbonyl (C=O) groups excluding carboxylic acids is 1. The van der Waals surface area contributed by atoms with Crippen molar-refractivity contribution in [2.24, 2.45) is 11.7 Å². The number of hydrogen-bond acceptors (Lipinski definition) is 5. The fourth-order valence-corrected chi connectivity index (χ4v) is 5.32. The molecule has 0 aliphatic carbocycles. The molecular weight excluding hydrogens is 547 g/mol. The highest BCUT2D eigenvalue weighted by Gasteiger charge is 2.28. The average Bonchev–Trinajstić information content (AvgIpc) is 2.90. The average molecular weight is 580 g/mol. The molecule has 3 aromatic carbocycles. The van der Waals surface area contributed by atoms with Crippen LogP contribution in [0.4, 0.5) is 5.69 Å². The molecule has 204 valence electrons. The quantitative estimate of drug-likeness (QED) is 0.286. The lowest BCUT2D eigenvalue weighted by atomic mass is 9.95. The monoisotopic (exact) mass is 578 g/mol. The number of rotatable bonds is 10. The molecule has 6 nitrogen and oxygen atoms in total. The summed E-state index contributed by atoms with van der Waals surface area (Å²) >= 11 is 12.5. The minimum Gasteiger partial charge on any atom is -0.493 e. The van der Waals surface area contributed by atoms with E-state index in [4.69, 9.17) is 43.1 Å². The number of anilines is 1. The molecule has 1 unspecified atom stereocenters. The fourth-order valence-electron chi connectivity index (χ4n) is 4.62. The standard InChI is InChI=1S/C29H32Cl2N2O4.ClH/c1-19-14-23(30)28(24(31)15-19)37-13-12-36-26-10-9-20(17-27(26)35-2)16-22(18-32)29(34)33-11-5-7-21-6-3-4-8-25(21)33;/h3-4,6,8-10,14-15,17,22H,5,7,11-13,16,18,32H2,1-2H3;1H. The van der Waals surface area contributed by atoms with Crippen LogP contribution >= 0.6 is 35.6 Å². The van der Waals surface area contributed by atoms with Gasteiger partial charge in [-0.05, 0) is 73.2 Å². The Hall–Kier alpha value is -2.64. The van der Waals surface area contributed by atoms with Gasteiger partial charge in [0.25, 0.3) is 0 Å². The van der Waals surface area contributed by atoms with E-state index < -0.39 is 0 Å². The second-order valence-corrected chi connectivity index (χ2v) is 9.91. The van der Waals surface area contributed by atoms with E-state index in [0.29, 0.717) is 40.3 Å². The molecule has 9 heteroatoms. The summed E-state index contributed by atoms with van der Waals surface area (Å²) in [6, 6.07) is 17.4. The molecule has 0 fully saturated rings. The third-order valence-corrected chi connectivity index (χ3v) is 7.01. The summed E-state index contributed by atoms with van der Waals surface area (Å²) in [4.78, 5) is 15.3. The number of ether oxygens (including phenoxy) is 3. The van der Waals surface area contributed by atoms with E-state index in [1.54, 1.807) is 19.2 Å². The third-order valence-electron chi connectivity index (χ3n) is 6.45. The highest BCUT2D eigenvalue weighted by atomic mass is 35.5. The van der Waals surface area contributed by atoms with Crippen LogP contribution in [-0.4, -0.2) is 39.3 Å². The molecule has 0 aromatic heterocycles. The first-order valence-electron chi connectivity index (χ1n) is 12.4. The van der Waals surface area contributed by atoms with Gasteiger partial charge in [0, 0.05) is 18.8 Å². The van der Waals surface area contributed by atoms with Crippen LogP contribution in [0.5, 0.6) is 17.2 Å². The van der Waals surface area contributed by atoms with E-state index in [-0.39, 0.29) is 44.0 Å². The fraction of sp³-hybridized carbons (Fsp3) is 0.345. The Bertz CT molecular complexity index is 1230. The van der Waals surface area contributed by atoms with Crippen molar-refractivity contribution in [1.82, 2.24) is 0 Å². The lowest BCUT2D eigenvalue weighted by Gasteiger charge is -2.32. The normalized spacial score (nSPS) is 13.2. The van der Waals surface area contributed by atoms with Crippen LogP contribution in [0.2, 0.25) is 10.0 Å². The minimum absolute atomic E-state index is 0. The number of para-hydroxylation sites is 1. The van der Waals surface area contributed by atoms with Crippen LogP contribution in [0.25, 0.3) is 0 Å². The highest BCUT2D eigenvalue weighted by Crippen LogP contribution is 2.34. The minimum atomic E-state index is -0.333. The number of methoxy groups -OCH3 is 1. The molecule has 38 heavy (non-hydrogen) atoms. The zero-order valence-electron chi connectivity index (χ0n) is 21.5. The maximum atomic E-state index is 13.4. The van der Waals surface area contributed by atoms with Crippen LogP contribution in [0.1, 0.15) is 23.1 Å². The van der Waals surface area contributed by atoms with E-state index in [0.717, 1.165) is 29.7 Å². The molecule has 0 saturated carbocycles. The summed E-state index contributed by atoms with van der Waals surface area (Å²) in [5.74, 6) is 1.32. The first kappa shape index (κ1) is 29.9. The van der Waals surface area contributed by atoms with Crippen molar-refractivity contribution in [3.8, 4) is 17.2 Å². The molecule has 3 aromatic rings. The number of nitrogens with two attached hydrogens (primary N) is 1. The van der Waals surface area contributed by atoms with E-state index in [2.05, 4.69) is 6.07 Å². The van der Waals surface area contributed by atoms with Crippen molar-refractivity contribution in [2.45, 2.75) is 26.2 Å². The van der Waals surface area contributed by atoms with Crippen molar-refractivity contribution in [1.29, 1.82) is 0 Å². The summed E-state index contributed by atoms with van der Waals surface area (Å²) in [6.45, 7) is 3.42. The first-order valence-corrected chi connectivity index (χ1v) is 13.1. The number of amides is 1. The third kappa shape index (κ3) is 7.06. The molecule has 4 rings (SSSR count). The lowest BCUT2D eigenvalue weighted by Crippen LogP contribution is -2.42. The maximum absolute atomic E-state index is 13.4. The molecule has 0 radical (unpaired) electrons. The van der Waals surface area contributed by atoms with Crippen LogP contribution in [-0.2, 0) is 17.6 Å². The van der Waals surface area contributed by atoms with E-state index in [1.807, 2.05) is 48.2 Å². The largest absolute Gasteiger partial charge is 0.493 e. The summed E-state index contributed by atoms with van der Waals surface area (Å²) in [7, 11) is 1.59. The van der Waals surface area contributed by atoms with Crippen molar-refractivity contribution in [3.63, 3.8) is 0 Å². The van der Waals surface area contributed by atoms with Crippen LogP contribution in [0.15, 0.2) is 54.6 Å². The number of benzene rings is 3. The van der Waals surface area contributed by atoms with Crippen molar-refractivity contribution >= 4 is 47.2 Å². The summed E-state index contributed by atoms with van der Waals surface area (Å²) in [6.07, 6.45) is 2.45. The SMILES string of the molecule is COc1cc(CC(CN)C(=O)N2CCCc3ccccc32)ccc1OCCOc1c(Cl)cc(C)cc1Cl.Cl. The van der Waals surface area contributed by atoms with Crippen LogP contribution in [0.3, 0.4) is 0 Å². The number of hydrogen-bond donors (Lipinski definition) is 1. The van der Waals surface area contributed by atoms with Crippen molar-refractivity contribution in [2.75, 3.05) is 38.3 Å². The van der Waals surface area contributed by atoms with Gasteiger partial charge in [-0.3, -0.25) is 4.79 Å². The van der Waals surface area contributed by atoms with Gasteiger partial charge in [0.1, 0.15) is 13.2 Å². The highest BCUT2D eigenvalue weighted by molar-refractivity contribution is 6.37. The smallest absolute Gasteiger partial charge is 0.231 e. The summed E-state index contributed by atoms with van der Waals surface area (Å²) in [5, 5.41) is 0.924. The van der Waals surface area contributed by atoms with Crippen molar-refractivity contribution < 1.29 is 19.0 Å². The van der Waals surface area contributed by atoms with E-state index >= 15 is 0 Å². The van der Waals surface area contributed by atoms with Gasteiger partial charge in [0.05, 0.1) is 23.1 Å². The van der Waals surface area contributed by atoms with E-state index in [1.165, 1.54) is 5.56 Å². The van der Waals surface area contributed by atoms with Crippen molar-refractivity contribution in [3.05, 3.63) is 81.3 Å². The Labute approximate surface area is 240 Å². The van der Waals surface area contributed by atoms with Gasteiger partial charge < -0.3 is 24.8 Å². The van der Waals surface area contributed by atoms with Gasteiger partial charge in [-0.25, -0.2) is 0 Å². The molecule has 2 N–H and O–H groups in total. The Morgan fingerprint density at radius 3 is 2.45 bits per heavy atom. The number of carbonyl (C=O) groups is 1. The molecule has 1 aliphatic rings. The number of nitrogens with zero attached hydrogens (tertiary/aromatic N) is 1. The van der Waals surface area contributed by atoms with Gasteiger partial charge in [-0.2, -0.15) is 0 Å². The van der Waals surface area contributed by atoms with Gasteiger partial charge in [-0.15, -0.1) is 12.4 Å². The Balaban J connectivity index is 0.00000400. The summed E-state index contributed by atoms with van der Waals surface area (Å²) in [5.41, 5.74) is 10.2. The molecule has 1 amide bonds. The molecule has 0 spiro atoms. The predicted molar refractivity (Wildman–Crippen MR) is 156 cm³/mol. The molecule has 1 heterocycles. The van der Waals surface area contributed by atoms with Gasteiger partial charge in [0.2, 0.25) is 5.91 Å².